The maximum atomic E-state index is 13.2. The number of carbonyl (C=O) groups is 3. The quantitative estimate of drug-likeness (QED) is 0.191. The Kier molecular flexibility index (Phi) is 9.11. The number of likely N-dealkylation sites (tertiary alicyclic amines) is 1. The topological polar surface area (TPSA) is 102 Å². The summed E-state index contributed by atoms with van der Waals surface area (Å²) in [4.78, 5) is 37.9. The number of urea groups is 1. The van der Waals surface area contributed by atoms with E-state index in [1.165, 1.54) is 38.4 Å². The lowest BCUT2D eigenvalue weighted by molar-refractivity contribution is 0.101. The number of rotatable bonds is 10. The standard InChI is InChI=1S/C27H33FN4O3/c1-18(33)22-14-23(19(2)34)16-25(15-22)31-27(35)30-10-3-4-26-13-21(9-11-32(26)17-29)12-20-5-7-24(28)8-6-20/h5-8,14-17,21,26,29H,3-4,9-13H2,1-2H3,(H2,30,31,35)/t21-,26-/m0/s1. The van der Waals surface area contributed by atoms with Crippen molar-refractivity contribution in [1.29, 1.82) is 5.41 Å². The monoisotopic (exact) mass is 480 g/mol. The first-order chi connectivity index (χ1) is 16.7. The van der Waals surface area contributed by atoms with E-state index in [0.717, 1.165) is 44.2 Å². The smallest absolute Gasteiger partial charge is 0.319 e. The van der Waals surface area contributed by atoms with Crippen LogP contribution in [0.25, 0.3) is 0 Å². The van der Waals surface area contributed by atoms with E-state index in [9.17, 15) is 18.8 Å². The zero-order chi connectivity index (χ0) is 25.4. The van der Waals surface area contributed by atoms with Crippen molar-refractivity contribution in [2.24, 2.45) is 5.92 Å². The van der Waals surface area contributed by atoms with E-state index >= 15 is 0 Å². The van der Waals surface area contributed by atoms with Crippen molar-refractivity contribution in [1.82, 2.24) is 10.2 Å². The third-order valence-corrected chi connectivity index (χ3v) is 6.48. The minimum absolute atomic E-state index is 0.183. The molecule has 2 atom stereocenters. The summed E-state index contributed by atoms with van der Waals surface area (Å²) in [7, 11) is 0. The van der Waals surface area contributed by atoms with Crippen LogP contribution in [0.15, 0.2) is 42.5 Å². The molecule has 1 saturated heterocycles. The minimum atomic E-state index is -0.401. The third kappa shape index (κ3) is 7.73. The Morgan fingerprint density at radius 2 is 1.74 bits per heavy atom. The van der Waals surface area contributed by atoms with Crippen LogP contribution in [-0.4, -0.2) is 48.0 Å². The molecule has 2 aromatic rings. The van der Waals surface area contributed by atoms with E-state index in [2.05, 4.69) is 15.5 Å². The Balaban J connectivity index is 1.48. The molecule has 1 heterocycles. The molecule has 0 aliphatic carbocycles. The Morgan fingerprint density at radius 1 is 1.09 bits per heavy atom. The molecule has 0 spiro atoms. The fourth-order valence-corrected chi connectivity index (χ4v) is 4.57. The zero-order valence-corrected chi connectivity index (χ0v) is 20.3. The highest BCUT2D eigenvalue weighted by atomic mass is 19.1. The number of nitrogens with zero attached hydrogens (tertiary/aromatic N) is 1. The van der Waals surface area contributed by atoms with Gasteiger partial charge in [-0.25, -0.2) is 9.18 Å². The summed E-state index contributed by atoms with van der Waals surface area (Å²) < 4.78 is 13.2. The number of ketones is 2. The van der Waals surface area contributed by atoms with Crippen molar-refractivity contribution in [3.05, 3.63) is 65.0 Å². The SMILES string of the molecule is CC(=O)c1cc(NC(=O)NCCC[C@H]2C[C@H](Cc3ccc(F)cc3)CCN2C=N)cc(C(C)=O)c1. The zero-order valence-electron chi connectivity index (χ0n) is 20.3. The fraction of sp³-hybridized carbons (Fsp3) is 0.407. The number of hydrogen-bond acceptors (Lipinski definition) is 4. The van der Waals surface area contributed by atoms with E-state index in [0.29, 0.717) is 29.3 Å². The molecule has 0 aromatic heterocycles. The van der Waals surface area contributed by atoms with Crippen LogP contribution in [0, 0.1) is 17.1 Å². The van der Waals surface area contributed by atoms with Gasteiger partial charge in [-0.15, -0.1) is 0 Å². The van der Waals surface area contributed by atoms with Crippen LogP contribution in [0.4, 0.5) is 14.9 Å². The van der Waals surface area contributed by atoms with Gasteiger partial charge in [-0.2, -0.15) is 0 Å². The Labute approximate surface area is 205 Å². The molecule has 3 N–H and O–H groups in total. The number of halogens is 1. The molecule has 3 rings (SSSR count). The Hall–Kier alpha value is -3.55. The second kappa shape index (κ2) is 12.2. The predicted octanol–water partition coefficient (Wildman–Crippen LogP) is 5.06. The van der Waals surface area contributed by atoms with Crippen LogP contribution in [-0.2, 0) is 6.42 Å². The third-order valence-electron chi connectivity index (χ3n) is 6.48. The van der Waals surface area contributed by atoms with Gasteiger partial charge in [-0.05, 0) is 87.8 Å². The van der Waals surface area contributed by atoms with Gasteiger partial charge >= 0.3 is 6.03 Å². The average molecular weight is 481 g/mol. The van der Waals surface area contributed by atoms with Crippen molar-refractivity contribution in [2.75, 3.05) is 18.4 Å². The first-order valence-electron chi connectivity index (χ1n) is 12.0. The number of anilines is 1. The fourth-order valence-electron chi connectivity index (χ4n) is 4.57. The molecule has 8 heteroatoms. The van der Waals surface area contributed by atoms with Crippen LogP contribution >= 0.6 is 0 Å². The number of piperidine rings is 1. The summed E-state index contributed by atoms with van der Waals surface area (Å²) in [6.07, 6.45) is 5.82. The van der Waals surface area contributed by atoms with Gasteiger partial charge in [0.25, 0.3) is 0 Å². The van der Waals surface area contributed by atoms with Gasteiger partial charge in [-0.3, -0.25) is 15.0 Å². The molecule has 0 saturated carbocycles. The number of carbonyl (C=O) groups excluding carboxylic acids is 3. The van der Waals surface area contributed by atoms with Gasteiger partial charge in [-0.1, -0.05) is 12.1 Å². The van der Waals surface area contributed by atoms with Gasteiger partial charge in [0, 0.05) is 35.9 Å². The van der Waals surface area contributed by atoms with Crippen molar-refractivity contribution in [3.8, 4) is 0 Å². The van der Waals surface area contributed by atoms with Gasteiger partial charge in [0.05, 0.1) is 6.34 Å². The lowest BCUT2D eigenvalue weighted by Gasteiger charge is -2.38. The van der Waals surface area contributed by atoms with Crippen LogP contribution in [0.1, 0.15) is 65.8 Å². The number of nitrogens with one attached hydrogen (secondary N) is 3. The molecule has 0 unspecified atom stereocenters. The molecule has 1 aliphatic heterocycles. The summed E-state index contributed by atoms with van der Waals surface area (Å²) in [5.41, 5.74) is 2.25. The van der Waals surface area contributed by atoms with Crippen LogP contribution in [0.5, 0.6) is 0 Å². The lowest BCUT2D eigenvalue weighted by atomic mass is 9.84. The predicted molar refractivity (Wildman–Crippen MR) is 135 cm³/mol. The molecule has 1 aliphatic rings. The molecule has 1 fully saturated rings. The minimum Gasteiger partial charge on any atom is -0.360 e. The lowest BCUT2D eigenvalue weighted by Crippen LogP contribution is -2.42. The Bertz CT molecular complexity index is 1040. The molecule has 2 amide bonds. The highest BCUT2D eigenvalue weighted by molar-refractivity contribution is 6.02. The second-order valence-corrected chi connectivity index (χ2v) is 9.18. The van der Waals surface area contributed by atoms with Crippen LogP contribution in [0.3, 0.4) is 0 Å². The summed E-state index contributed by atoms with van der Waals surface area (Å²) in [6, 6.07) is 11.1. The van der Waals surface area contributed by atoms with Gasteiger partial charge < -0.3 is 15.5 Å². The average Bonchev–Trinajstić information content (AvgIpc) is 2.83. The molecular weight excluding hydrogens is 447 g/mol. The van der Waals surface area contributed by atoms with Crippen molar-refractivity contribution >= 4 is 29.6 Å². The highest BCUT2D eigenvalue weighted by Gasteiger charge is 2.26. The van der Waals surface area contributed by atoms with Crippen molar-refractivity contribution in [3.63, 3.8) is 0 Å². The number of amides is 2. The van der Waals surface area contributed by atoms with E-state index in [1.807, 2.05) is 12.1 Å². The molecule has 35 heavy (non-hydrogen) atoms. The summed E-state index contributed by atoms with van der Waals surface area (Å²) >= 11 is 0. The summed E-state index contributed by atoms with van der Waals surface area (Å²) in [5, 5.41) is 13.3. The first-order valence-corrected chi connectivity index (χ1v) is 12.0. The second-order valence-electron chi connectivity index (χ2n) is 9.18. The maximum absolute atomic E-state index is 13.2. The summed E-state index contributed by atoms with van der Waals surface area (Å²) in [6.45, 7) is 4.11. The van der Waals surface area contributed by atoms with Gasteiger partial charge in [0.1, 0.15) is 5.82 Å². The van der Waals surface area contributed by atoms with Crippen LogP contribution in [0.2, 0.25) is 0 Å². The number of benzene rings is 2. The molecule has 7 nitrogen and oxygen atoms in total. The normalized spacial score (nSPS) is 17.5. The molecule has 0 bridgehead atoms. The largest absolute Gasteiger partial charge is 0.360 e. The molecule has 0 radical (unpaired) electrons. The highest BCUT2D eigenvalue weighted by Crippen LogP contribution is 2.28. The molecule has 2 aromatic carbocycles. The molecular formula is C27H33FN4O3. The van der Waals surface area contributed by atoms with Gasteiger partial charge in [0.2, 0.25) is 0 Å². The van der Waals surface area contributed by atoms with Gasteiger partial charge in [0.15, 0.2) is 11.6 Å². The molecule has 186 valence electrons. The van der Waals surface area contributed by atoms with Crippen molar-refractivity contribution < 1.29 is 18.8 Å². The number of hydrogen-bond donors (Lipinski definition) is 3. The number of Topliss-reactive ketones (excluding diaryl/α,β-unsaturated/α-hetero) is 2. The maximum Gasteiger partial charge on any atom is 0.319 e. The van der Waals surface area contributed by atoms with E-state index in [4.69, 9.17) is 5.41 Å². The van der Waals surface area contributed by atoms with E-state index in [-0.39, 0.29) is 23.4 Å². The first kappa shape index (κ1) is 26.1. The van der Waals surface area contributed by atoms with E-state index in [1.54, 1.807) is 12.1 Å². The van der Waals surface area contributed by atoms with Crippen molar-refractivity contribution in [2.45, 2.75) is 52.0 Å². The Morgan fingerprint density at radius 3 is 2.34 bits per heavy atom. The van der Waals surface area contributed by atoms with E-state index < -0.39 is 6.03 Å². The van der Waals surface area contributed by atoms with Crippen LogP contribution < -0.4 is 10.6 Å². The summed E-state index contributed by atoms with van der Waals surface area (Å²) in [5.74, 6) is -0.121.